The van der Waals surface area contributed by atoms with Gasteiger partial charge < -0.3 is 9.47 Å². The summed E-state index contributed by atoms with van der Waals surface area (Å²) >= 11 is 0. The number of aryl methyl sites for hydroxylation is 1. The maximum absolute atomic E-state index is 13.5. The monoisotopic (exact) mass is 397 g/mol. The standard InChI is InChI=1S/C23H27NO5/c1-6-29-23(27)18-14(4)24-16-11-13(3)17(22(26)28-5)21(25)20(16)19(18)15-9-7-12(2)8-10-15/h7-10,13,17,19-20H,6,11H2,1-5H3/t13-,17-,19+,20-/m1/s1. The molecule has 1 aromatic carbocycles. The molecule has 0 amide bonds. The molecular weight excluding hydrogens is 370 g/mol. The van der Waals surface area contributed by atoms with E-state index in [-0.39, 0.29) is 18.3 Å². The van der Waals surface area contributed by atoms with Gasteiger partial charge in [0.15, 0.2) is 5.78 Å². The molecule has 6 heteroatoms. The first-order valence-electron chi connectivity index (χ1n) is 9.93. The van der Waals surface area contributed by atoms with E-state index >= 15 is 0 Å². The predicted octanol–water partition coefficient (Wildman–Crippen LogP) is 3.38. The molecule has 0 bridgehead atoms. The van der Waals surface area contributed by atoms with Crippen LogP contribution in [0.25, 0.3) is 0 Å². The van der Waals surface area contributed by atoms with Crippen molar-refractivity contribution in [2.45, 2.75) is 40.0 Å². The summed E-state index contributed by atoms with van der Waals surface area (Å²) in [6, 6.07) is 7.75. The highest BCUT2D eigenvalue weighted by molar-refractivity contribution is 6.17. The minimum atomic E-state index is -0.862. The van der Waals surface area contributed by atoms with Crippen LogP contribution in [0, 0.1) is 24.7 Å². The first kappa shape index (κ1) is 21.0. The number of hydrogen-bond acceptors (Lipinski definition) is 6. The Hall–Kier alpha value is -2.76. The molecule has 1 heterocycles. The van der Waals surface area contributed by atoms with Crippen molar-refractivity contribution in [3.8, 4) is 0 Å². The highest BCUT2D eigenvalue weighted by Gasteiger charge is 2.51. The Morgan fingerprint density at radius 1 is 1.14 bits per heavy atom. The van der Waals surface area contributed by atoms with E-state index in [0.29, 0.717) is 17.7 Å². The number of esters is 2. The first-order valence-corrected chi connectivity index (χ1v) is 9.93. The lowest BCUT2D eigenvalue weighted by Gasteiger charge is -2.40. The van der Waals surface area contributed by atoms with Gasteiger partial charge in [0, 0.05) is 17.3 Å². The van der Waals surface area contributed by atoms with Crippen molar-refractivity contribution in [2.24, 2.45) is 22.7 Å². The van der Waals surface area contributed by atoms with Crippen LogP contribution < -0.4 is 0 Å². The highest BCUT2D eigenvalue weighted by Crippen LogP contribution is 2.45. The summed E-state index contributed by atoms with van der Waals surface area (Å²) in [4.78, 5) is 43.3. The smallest absolute Gasteiger partial charge is 0.336 e. The first-order chi connectivity index (χ1) is 13.8. The molecule has 0 N–H and O–H groups in total. The Morgan fingerprint density at radius 3 is 2.38 bits per heavy atom. The van der Waals surface area contributed by atoms with Crippen LogP contribution in [0.5, 0.6) is 0 Å². The summed E-state index contributed by atoms with van der Waals surface area (Å²) in [5.74, 6) is -3.53. The Balaban J connectivity index is 2.17. The number of carbonyl (C=O) groups is 3. The number of methoxy groups -OCH3 is 1. The van der Waals surface area contributed by atoms with Crippen molar-refractivity contribution in [3.63, 3.8) is 0 Å². The number of carbonyl (C=O) groups excluding carboxylic acids is 3. The van der Waals surface area contributed by atoms with E-state index in [9.17, 15) is 14.4 Å². The fourth-order valence-electron chi connectivity index (χ4n) is 4.44. The minimum Gasteiger partial charge on any atom is -0.468 e. The molecule has 154 valence electrons. The van der Waals surface area contributed by atoms with Gasteiger partial charge in [0.2, 0.25) is 0 Å². The molecule has 6 nitrogen and oxygen atoms in total. The van der Waals surface area contributed by atoms with Crippen molar-refractivity contribution >= 4 is 23.4 Å². The van der Waals surface area contributed by atoms with Gasteiger partial charge in [0.05, 0.1) is 25.2 Å². The summed E-state index contributed by atoms with van der Waals surface area (Å²) in [7, 11) is 1.29. The topological polar surface area (TPSA) is 82.0 Å². The zero-order valence-corrected chi connectivity index (χ0v) is 17.5. The molecule has 29 heavy (non-hydrogen) atoms. The molecule has 4 atom stereocenters. The van der Waals surface area contributed by atoms with Crippen LogP contribution in [0.2, 0.25) is 0 Å². The normalized spacial score (nSPS) is 26.5. The fraction of sp³-hybridized carbons (Fsp3) is 0.478. The van der Waals surface area contributed by atoms with Crippen LogP contribution in [-0.2, 0) is 23.9 Å². The van der Waals surface area contributed by atoms with E-state index in [0.717, 1.165) is 16.8 Å². The molecule has 0 saturated heterocycles. The number of nitrogens with zero attached hydrogens (tertiary/aromatic N) is 1. The van der Waals surface area contributed by atoms with E-state index in [4.69, 9.17) is 9.47 Å². The van der Waals surface area contributed by atoms with Crippen molar-refractivity contribution < 1.29 is 23.9 Å². The minimum absolute atomic E-state index is 0.208. The largest absolute Gasteiger partial charge is 0.468 e. The van der Waals surface area contributed by atoms with Crippen LogP contribution in [0.3, 0.4) is 0 Å². The Bertz CT molecular complexity index is 896. The molecule has 0 radical (unpaired) electrons. The average Bonchev–Trinajstić information content (AvgIpc) is 2.67. The molecule has 0 aromatic heterocycles. The Kier molecular flexibility index (Phi) is 6.01. The molecule has 1 aliphatic heterocycles. The zero-order valence-electron chi connectivity index (χ0n) is 17.5. The van der Waals surface area contributed by atoms with Gasteiger partial charge in [0.1, 0.15) is 5.92 Å². The van der Waals surface area contributed by atoms with E-state index in [1.54, 1.807) is 13.8 Å². The molecule has 0 spiro atoms. The molecule has 1 aliphatic carbocycles. The van der Waals surface area contributed by atoms with Gasteiger partial charge in [-0.1, -0.05) is 36.8 Å². The maximum Gasteiger partial charge on any atom is 0.336 e. The van der Waals surface area contributed by atoms with Crippen LogP contribution in [0.15, 0.2) is 40.5 Å². The maximum atomic E-state index is 13.5. The van der Waals surface area contributed by atoms with Crippen molar-refractivity contribution in [1.82, 2.24) is 0 Å². The van der Waals surface area contributed by atoms with Crippen molar-refractivity contribution in [2.75, 3.05) is 13.7 Å². The summed E-state index contributed by atoms with van der Waals surface area (Å²) in [6.45, 7) is 7.59. The number of ether oxygens (including phenoxy) is 2. The third-order valence-electron chi connectivity index (χ3n) is 5.80. The average molecular weight is 397 g/mol. The van der Waals surface area contributed by atoms with E-state index in [1.165, 1.54) is 7.11 Å². The van der Waals surface area contributed by atoms with Crippen LogP contribution in [0.4, 0.5) is 0 Å². The molecule has 2 aliphatic rings. The van der Waals surface area contributed by atoms with Gasteiger partial charge in [-0.05, 0) is 38.7 Å². The molecule has 3 rings (SSSR count). The number of Topliss-reactive ketones (excluding diaryl/α,β-unsaturated/α-hetero) is 1. The lowest BCUT2D eigenvalue weighted by molar-refractivity contribution is -0.152. The predicted molar refractivity (Wildman–Crippen MR) is 108 cm³/mol. The van der Waals surface area contributed by atoms with Crippen LogP contribution in [0.1, 0.15) is 44.2 Å². The lowest BCUT2D eigenvalue weighted by atomic mass is 9.63. The van der Waals surface area contributed by atoms with E-state index < -0.39 is 29.7 Å². The van der Waals surface area contributed by atoms with Gasteiger partial charge in [-0.15, -0.1) is 0 Å². The number of allylic oxidation sites excluding steroid dienone is 1. The van der Waals surface area contributed by atoms with Gasteiger partial charge in [0.25, 0.3) is 0 Å². The van der Waals surface area contributed by atoms with Gasteiger partial charge in [-0.3, -0.25) is 14.6 Å². The summed E-state index contributed by atoms with van der Waals surface area (Å²) in [6.07, 6.45) is 0.506. The second kappa shape index (κ2) is 8.31. The van der Waals surface area contributed by atoms with Crippen LogP contribution >= 0.6 is 0 Å². The zero-order chi connectivity index (χ0) is 21.3. The van der Waals surface area contributed by atoms with Gasteiger partial charge in [-0.25, -0.2) is 4.79 Å². The van der Waals surface area contributed by atoms with Gasteiger partial charge >= 0.3 is 11.9 Å². The molecule has 1 saturated carbocycles. The highest BCUT2D eigenvalue weighted by atomic mass is 16.5. The van der Waals surface area contributed by atoms with Gasteiger partial charge in [-0.2, -0.15) is 0 Å². The van der Waals surface area contributed by atoms with E-state index in [2.05, 4.69) is 4.99 Å². The number of benzene rings is 1. The second-order valence-corrected chi connectivity index (χ2v) is 7.77. The second-order valence-electron chi connectivity index (χ2n) is 7.77. The molecule has 1 fully saturated rings. The third kappa shape index (κ3) is 3.76. The number of rotatable bonds is 4. The third-order valence-corrected chi connectivity index (χ3v) is 5.80. The summed E-state index contributed by atoms with van der Waals surface area (Å²) in [5.41, 5.74) is 3.58. The van der Waals surface area contributed by atoms with E-state index in [1.807, 2.05) is 38.1 Å². The number of fused-ring (bicyclic) bond motifs is 1. The Labute approximate surface area is 171 Å². The number of aliphatic imine (C=N–C) groups is 1. The quantitative estimate of drug-likeness (QED) is 0.575. The Morgan fingerprint density at radius 2 is 1.79 bits per heavy atom. The molecular formula is C23H27NO5. The molecule has 1 aromatic rings. The number of ketones is 1. The van der Waals surface area contributed by atoms with Crippen LogP contribution in [-0.4, -0.2) is 37.2 Å². The van der Waals surface area contributed by atoms with Crippen molar-refractivity contribution in [3.05, 3.63) is 46.7 Å². The number of hydrogen-bond donors (Lipinski definition) is 0. The lowest BCUT2D eigenvalue weighted by Crippen LogP contribution is -2.48. The molecule has 0 unspecified atom stereocenters. The SMILES string of the molecule is CCOC(=O)C1=C(C)N=C2C[C@@H](C)[C@@H](C(=O)OC)C(=O)[C@H]2[C@H]1c1ccc(C)cc1. The summed E-state index contributed by atoms with van der Waals surface area (Å²) < 4.78 is 10.2. The summed E-state index contributed by atoms with van der Waals surface area (Å²) in [5, 5.41) is 0. The fourth-order valence-corrected chi connectivity index (χ4v) is 4.44. The van der Waals surface area contributed by atoms with Crippen molar-refractivity contribution in [1.29, 1.82) is 0 Å².